The molecule has 27 heavy (non-hydrogen) atoms. The van der Waals surface area contributed by atoms with Crippen LogP contribution in [0.2, 0.25) is 0 Å². The summed E-state index contributed by atoms with van der Waals surface area (Å²) in [5, 5.41) is 8.40. The van der Waals surface area contributed by atoms with Crippen molar-refractivity contribution >= 4 is 22.7 Å². The van der Waals surface area contributed by atoms with Crippen molar-refractivity contribution in [1.82, 2.24) is 25.1 Å². The lowest BCUT2D eigenvalue weighted by atomic mass is 10.0. The number of aryl methyl sites for hydroxylation is 1. The van der Waals surface area contributed by atoms with Gasteiger partial charge in [-0.05, 0) is 31.9 Å². The Kier molecular flexibility index (Phi) is 5.25. The highest BCUT2D eigenvalue weighted by Gasteiger charge is 2.21. The zero-order valence-electron chi connectivity index (χ0n) is 15.7. The van der Waals surface area contributed by atoms with Gasteiger partial charge in [-0.25, -0.2) is 9.67 Å². The minimum atomic E-state index is -0.467. The summed E-state index contributed by atoms with van der Waals surface area (Å²) in [4.78, 5) is 30.6. The van der Waals surface area contributed by atoms with Gasteiger partial charge in [-0.1, -0.05) is 18.2 Å². The molecule has 2 amide bonds. The second kappa shape index (κ2) is 7.61. The zero-order chi connectivity index (χ0) is 19.6. The number of nitrogens with one attached hydrogen (secondary N) is 2. The number of carbonyl (C=O) groups excluding carboxylic acids is 2. The molecule has 4 N–H and O–H groups in total. The number of hydrogen-bond acceptors (Lipinski definition) is 4. The van der Waals surface area contributed by atoms with Gasteiger partial charge in [0.25, 0.3) is 0 Å². The molecule has 0 unspecified atom stereocenters. The Bertz CT molecular complexity index is 987. The number of H-pyrrole nitrogens is 1. The van der Waals surface area contributed by atoms with Gasteiger partial charge in [0.15, 0.2) is 11.6 Å². The molecule has 142 valence electrons. The third-order valence-electron chi connectivity index (χ3n) is 4.34. The molecular formula is C19H24N6O2. The van der Waals surface area contributed by atoms with Crippen molar-refractivity contribution in [3.05, 3.63) is 35.7 Å². The Morgan fingerprint density at radius 3 is 2.74 bits per heavy atom. The van der Waals surface area contributed by atoms with E-state index in [1.165, 1.54) is 6.92 Å². The molecule has 0 saturated heterocycles. The van der Waals surface area contributed by atoms with Gasteiger partial charge < -0.3 is 16.0 Å². The monoisotopic (exact) mass is 368 g/mol. The number of rotatable bonds is 7. The van der Waals surface area contributed by atoms with E-state index >= 15 is 0 Å². The minimum absolute atomic E-state index is 0.00213. The highest BCUT2D eigenvalue weighted by atomic mass is 16.1. The van der Waals surface area contributed by atoms with Crippen LogP contribution in [0.5, 0.6) is 0 Å². The Hall–Kier alpha value is -3.16. The van der Waals surface area contributed by atoms with Crippen molar-refractivity contribution in [2.75, 3.05) is 0 Å². The number of nitrogens with two attached hydrogens (primary N) is 1. The normalized spacial score (nSPS) is 12.3. The number of hydrogen-bond donors (Lipinski definition) is 3. The highest BCUT2D eigenvalue weighted by molar-refractivity contribution is 5.90. The third-order valence-corrected chi connectivity index (χ3v) is 4.34. The zero-order valence-corrected chi connectivity index (χ0v) is 15.7. The molecule has 0 spiro atoms. The molecular weight excluding hydrogens is 344 g/mol. The smallest absolute Gasteiger partial charge is 0.225 e. The maximum absolute atomic E-state index is 11.4. The lowest BCUT2D eigenvalue weighted by Crippen LogP contribution is -2.32. The summed E-state index contributed by atoms with van der Waals surface area (Å²) < 4.78 is 1.76. The maximum Gasteiger partial charge on any atom is 0.225 e. The van der Waals surface area contributed by atoms with Gasteiger partial charge in [-0.2, -0.15) is 5.10 Å². The molecule has 8 heteroatoms. The summed E-state index contributed by atoms with van der Waals surface area (Å²) in [6.07, 6.45) is 0.637. The molecule has 0 bridgehead atoms. The predicted molar refractivity (Wildman–Crippen MR) is 103 cm³/mol. The fraction of sp³-hybridized carbons (Fsp3) is 0.368. The summed E-state index contributed by atoms with van der Waals surface area (Å²) >= 11 is 0. The molecule has 0 saturated carbocycles. The number of aromatic nitrogens is 4. The molecule has 3 rings (SSSR count). The molecule has 0 fully saturated rings. The molecule has 1 aromatic carbocycles. The predicted octanol–water partition coefficient (Wildman–Crippen LogP) is 1.54. The van der Waals surface area contributed by atoms with Crippen LogP contribution < -0.4 is 11.1 Å². The van der Waals surface area contributed by atoms with Crippen LogP contribution in [0.15, 0.2) is 24.3 Å². The van der Waals surface area contributed by atoms with E-state index in [4.69, 9.17) is 5.73 Å². The van der Waals surface area contributed by atoms with Crippen LogP contribution in [0.3, 0.4) is 0 Å². The number of primary amides is 1. The van der Waals surface area contributed by atoms with E-state index in [9.17, 15) is 9.59 Å². The largest absolute Gasteiger partial charge is 0.369 e. The number of fused-ring (bicyclic) bond motifs is 1. The van der Waals surface area contributed by atoms with Gasteiger partial charge in [0, 0.05) is 30.4 Å². The first-order chi connectivity index (χ1) is 12.9. The van der Waals surface area contributed by atoms with Gasteiger partial charge in [-0.3, -0.25) is 9.59 Å². The average Bonchev–Trinajstić information content (AvgIpc) is 3.15. The number of carbonyl (C=O) groups is 2. The number of amides is 2. The number of aromatic amines is 1. The highest BCUT2D eigenvalue weighted by Crippen LogP contribution is 2.30. The van der Waals surface area contributed by atoms with Crippen molar-refractivity contribution in [2.45, 2.75) is 46.2 Å². The van der Waals surface area contributed by atoms with Crippen molar-refractivity contribution < 1.29 is 9.59 Å². The quantitative estimate of drug-likeness (QED) is 0.586. The Morgan fingerprint density at radius 2 is 2.07 bits per heavy atom. The molecule has 3 aromatic rings. The molecule has 8 nitrogen and oxygen atoms in total. The van der Waals surface area contributed by atoms with E-state index in [-0.39, 0.29) is 18.4 Å². The van der Waals surface area contributed by atoms with E-state index in [1.54, 1.807) is 4.68 Å². The van der Waals surface area contributed by atoms with Crippen LogP contribution >= 0.6 is 0 Å². The summed E-state index contributed by atoms with van der Waals surface area (Å²) in [7, 11) is 0. The molecule has 0 aliphatic rings. The van der Waals surface area contributed by atoms with Crippen LogP contribution in [0.4, 0.5) is 0 Å². The first kappa shape index (κ1) is 18.6. The molecule has 0 aliphatic heterocycles. The SMILES string of the molecule is CCn1nc(CC(N)=O)nc1-c1[nH]c2ccccc2c1C[C@H](C)NC(C)=O. The lowest BCUT2D eigenvalue weighted by Gasteiger charge is -2.13. The van der Waals surface area contributed by atoms with Gasteiger partial charge in [0.05, 0.1) is 12.1 Å². The van der Waals surface area contributed by atoms with E-state index in [2.05, 4.69) is 20.4 Å². The third kappa shape index (κ3) is 3.99. The second-order valence-corrected chi connectivity index (χ2v) is 6.64. The van der Waals surface area contributed by atoms with E-state index in [1.807, 2.05) is 38.1 Å². The Labute approximate surface area is 157 Å². The van der Waals surface area contributed by atoms with Crippen molar-refractivity contribution in [2.24, 2.45) is 5.73 Å². The lowest BCUT2D eigenvalue weighted by molar-refractivity contribution is -0.119. The molecule has 2 heterocycles. The second-order valence-electron chi connectivity index (χ2n) is 6.64. The number of benzene rings is 1. The fourth-order valence-electron chi connectivity index (χ4n) is 3.33. The first-order valence-corrected chi connectivity index (χ1v) is 8.98. The topological polar surface area (TPSA) is 119 Å². The molecule has 0 aliphatic carbocycles. The van der Waals surface area contributed by atoms with Gasteiger partial charge in [-0.15, -0.1) is 0 Å². The van der Waals surface area contributed by atoms with Gasteiger partial charge >= 0.3 is 0 Å². The summed E-state index contributed by atoms with van der Waals surface area (Å²) in [6.45, 7) is 6.05. The van der Waals surface area contributed by atoms with Gasteiger partial charge in [0.2, 0.25) is 11.8 Å². The van der Waals surface area contributed by atoms with Crippen LogP contribution in [0.1, 0.15) is 32.2 Å². The number of para-hydroxylation sites is 1. The van der Waals surface area contributed by atoms with E-state index in [0.29, 0.717) is 24.6 Å². The van der Waals surface area contributed by atoms with Crippen molar-refractivity contribution in [3.63, 3.8) is 0 Å². The molecule has 2 aromatic heterocycles. The van der Waals surface area contributed by atoms with E-state index in [0.717, 1.165) is 22.2 Å². The first-order valence-electron chi connectivity index (χ1n) is 8.98. The number of nitrogens with zero attached hydrogens (tertiary/aromatic N) is 3. The van der Waals surface area contributed by atoms with Crippen LogP contribution in [-0.4, -0.2) is 37.6 Å². The van der Waals surface area contributed by atoms with Crippen molar-refractivity contribution in [3.8, 4) is 11.5 Å². The summed E-state index contributed by atoms with van der Waals surface area (Å²) in [6, 6.07) is 7.95. The molecule has 0 radical (unpaired) electrons. The Balaban J connectivity index is 2.11. The van der Waals surface area contributed by atoms with Crippen LogP contribution in [0, 0.1) is 0 Å². The summed E-state index contributed by atoms with van der Waals surface area (Å²) in [5.74, 6) is 0.532. The Morgan fingerprint density at radius 1 is 1.33 bits per heavy atom. The van der Waals surface area contributed by atoms with Crippen molar-refractivity contribution in [1.29, 1.82) is 0 Å². The molecule has 1 atom stereocenters. The maximum atomic E-state index is 11.4. The van der Waals surface area contributed by atoms with E-state index < -0.39 is 5.91 Å². The van der Waals surface area contributed by atoms with Crippen LogP contribution in [-0.2, 0) is 29.0 Å². The van der Waals surface area contributed by atoms with Gasteiger partial charge in [0.1, 0.15) is 0 Å². The summed E-state index contributed by atoms with van der Waals surface area (Å²) in [5.41, 5.74) is 8.18. The standard InChI is InChI=1S/C19H24N6O2/c1-4-25-19(23-17(24-25)10-16(20)27)18-14(9-11(2)21-12(3)26)13-7-5-6-8-15(13)22-18/h5-8,11,22H,4,9-10H2,1-3H3,(H2,20,27)(H,21,26)/t11-/m0/s1. The average molecular weight is 368 g/mol. The minimum Gasteiger partial charge on any atom is -0.369 e. The fourth-order valence-corrected chi connectivity index (χ4v) is 3.33. The van der Waals surface area contributed by atoms with Crippen LogP contribution in [0.25, 0.3) is 22.4 Å².